The van der Waals surface area contributed by atoms with Gasteiger partial charge in [-0.05, 0) is 43.7 Å². The van der Waals surface area contributed by atoms with E-state index < -0.39 is 0 Å². The normalized spacial score (nSPS) is 26.0. The standard InChI is InChI=1S/C19H24N4O2/c1-22(12-14-5-2-8-20-11-14)17-13-23(16-7-4-10-25-18(16)17)19(24)15-6-3-9-21-15/h2-3,5-6,8-9,11,16-18,21H,4,7,10,12-13H2,1H3/t16-,17-,18+/m1/s1. The number of H-pyrrole nitrogens is 1. The van der Waals surface area contributed by atoms with Crippen molar-refractivity contribution in [2.24, 2.45) is 0 Å². The molecular formula is C19H24N4O2. The fourth-order valence-electron chi connectivity index (χ4n) is 4.07. The maximum atomic E-state index is 12.9. The first-order chi connectivity index (χ1) is 12.2. The summed E-state index contributed by atoms with van der Waals surface area (Å²) >= 11 is 0. The van der Waals surface area contributed by atoms with E-state index in [1.165, 1.54) is 5.56 Å². The Bertz CT molecular complexity index is 703. The van der Waals surface area contributed by atoms with Gasteiger partial charge in [0.2, 0.25) is 0 Å². The molecule has 6 nitrogen and oxygen atoms in total. The Morgan fingerprint density at radius 3 is 3.12 bits per heavy atom. The highest BCUT2D eigenvalue weighted by molar-refractivity contribution is 5.93. The van der Waals surface area contributed by atoms with Gasteiger partial charge in [-0.25, -0.2) is 0 Å². The number of hydrogen-bond acceptors (Lipinski definition) is 4. The minimum absolute atomic E-state index is 0.0720. The average Bonchev–Trinajstić information content (AvgIpc) is 3.30. The molecule has 4 rings (SSSR count). The lowest BCUT2D eigenvalue weighted by Crippen LogP contribution is -2.46. The first-order valence-electron chi connectivity index (χ1n) is 8.89. The van der Waals surface area contributed by atoms with Crippen molar-refractivity contribution < 1.29 is 9.53 Å². The Morgan fingerprint density at radius 1 is 1.44 bits per heavy atom. The summed E-state index contributed by atoms with van der Waals surface area (Å²) in [4.78, 5) is 24.4. The van der Waals surface area contributed by atoms with E-state index >= 15 is 0 Å². The number of carbonyl (C=O) groups is 1. The molecule has 0 radical (unpaired) electrons. The van der Waals surface area contributed by atoms with Crippen LogP contribution in [0.5, 0.6) is 0 Å². The lowest BCUT2D eigenvalue weighted by Gasteiger charge is -2.34. The van der Waals surface area contributed by atoms with Crippen molar-refractivity contribution in [3.63, 3.8) is 0 Å². The fraction of sp³-hybridized carbons (Fsp3) is 0.474. The number of fused-ring (bicyclic) bond motifs is 1. The van der Waals surface area contributed by atoms with E-state index in [0.717, 1.165) is 26.0 Å². The van der Waals surface area contributed by atoms with Crippen LogP contribution in [0.2, 0.25) is 0 Å². The molecule has 25 heavy (non-hydrogen) atoms. The van der Waals surface area contributed by atoms with Gasteiger partial charge in [0.05, 0.1) is 18.2 Å². The van der Waals surface area contributed by atoms with Crippen LogP contribution < -0.4 is 0 Å². The van der Waals surface area contributed by atoms with Gasteiger partial charge in [-0.3, -0.25) is 14.7 Å². The Balaban J connectivity index is 1.53. The fourth-order valence-corrected chi connectivity index (χ4v) is 4.07. The molecule has 0 aromatic carbocycles. The highest BCUT2D eigenvalue weighted by Gasteiger charge is 2.47. The predicted molar refractivity (Wildman–Crippen MR) is 94.1 cm³/mol. The number of nitrogens with one attached hydrogen (secondary N) is 1. The number of pyridine rings is 1. The first-order valence-corrected chi connectivity index (χ1v) is 8.89. The summed E-state index contributed by atoms with van der Waals surface area (Å²) in [6.07, 6.45) is 7.57. The van der Waals surface area contributed by atoms with Gasteiger partial charge < -0.3 is 14.6 Å². The van der Waals surface area contributed by atoms with E-state index in [9.17, 15) is 4.79 Å². The van der Waals surface area contributed by atoms with Gasteiger partial charge in [-0.15, -0.1) is 0 Å². The van der Waals surface area contributed by atoms with Crippen molar-refractivity contribution in [3.8, 4) is 0 Å². The molecule has 2 fully saturated rings. The smallest absolute Gasteiger partial charge is 0.270 e. The predicted octanol–water partition coefficient (Wildman–Crippen LogP) is 1.91. The Hall–Kier alpha value is -2.18. The lowest BCUT2D eigenvalue weighted by atomic mass is 10.00. The molecule has 2 aliphatic heterocycles. The van der Waals surface area contributed by atoms with Crippen LogP contribution in [0, 0.1) is 0 Å². The number of aromatic amines is 1. The number of ether oxygens (including phenoxy) is 1. The molecule has 2 saturated heterocycles. The van der Waals surface area contributed by atoms with Gasteiger partial charge in [-0.1, -0.05) is 6.07 Å². The number of nitrogens with zero attached hydrogens (tertiary/aromatic N) is 3. The quantitative estimate of drug-likeness (QED) is 0.924. The summed E-state index contributed by atoms with van der Waals surface area (Å²) < 4.78 is 6.11. The van der Waals surface area contributed by atoms with Gasteiger partial charge in [0.25, 0.3) is 5.91 Å². The Kier molecular flexibility index (Phi) is 4.55. The van der Waals surface area contributed by atoms with Crippen molar-refractivity contribution in [1.29, 1.82) is 0 Å². The van der Waals surface area contributed by atoms with Crippen LogP contribution in [0.4, 0.5) is 0 Å². The van der Waals surface area contributed by atoms with Gasteiger partial charge in [0.1, 0.15) is 5.69 Å². The van der Waals surface area contributed by atoms with Crippen molar-refractivity contribution in [3.05, 3.63) is 54.1 Å². The van der Waals surface area contributed by atoms with Crippen molar-refractivity contribution in [2.75, 3.05) is 20.2 Å². The van der Waals surface area contributed by atoms with Crippen LogP contribution >= 0.6 is 0 Å². The summed E-state index contributed by atoms with van der Waals surface area (Å²) in [5.74, 6) is 0.0720. The monoisotopic (exact) mass is 340 g/mol. The highest BCUT2D eigenvalue weighted by atomic mass is 16.5. The zero-order valence-electron chi connectivity index (χ0n) is 14.5. The number of aromatic nitrogens is 2. The van der Waals surface area contributed by atoms with E-state index in [0.29, 0.717) is 12.2 Å². The van der Waals surface area contributed by atoms with E-state index in [4.69, 9.17) is 4.74 Å². The number of likely N-dealkylation sites (tertiary alicyclic amines) is 1. The van der Waals surface area contributed by atoms with Gasteiger partial charge in [0, 0.05) is 38.3 Å². The third kappa shape index (κ3) is 3.19. The van der Waals surface area contributed by atoms with E-state index in [1.807, 2.05) is 29.3 Å². The summed E-state index contributed by atoms with van der Waals surface area (Å²) in [6, 6.07) is 8.10. The molecule has 132 valence electrons. The Labute approximate surface area is 147 Å². The average molecular weight is 340 g/mol. The number of hydrogen-bond donors (Lipinski definition) is 1. The number of carbonyl (C=O) groups excluding carboxylic acids is 1. The number of rotatable bonds is 4. The molecule has 6 heteroatoms. The maximum Gasteiger partial charge on any atom is 0.270 e. The second kappa shape index (κ2) is 6.98. The zero-order chi connectivity index (χ0) is 17.2. The molecule has 0 unspecified atom stereocenters. The highest BCUT2D eigenvalue weighted by Crippen LogP contribution is 2.32. The molecule has 2 aromatic heterocycles. The lowest BCUT2D eigenvalue weighted by molar-refractivity contribution is -0.0357. The summed E-state index contributed by atoms with van der Waals surface area (Å²) in [5, 5.41) is 0. The number of likely N-dealkylation sites (N-methyl/N-ethyl adjacent to an activating group) is 1. The number of amides is 1. The topological polar surface area (TPSA) is 61.5 Å². The SMILES string of the molecule is CN(Cc1cccnc1)[C@@H]1CN(C(=O)c2ccc[nH]2)[C@@H]2CCCO[C@H]12. The van der Waals surface area contributed by atoms with Crippen molar-refractivity contribution >= 4 is 5.91 Å². The molecule has 0 bridgehead atoms. The zero-order valence-corrected chi connectivity index (χ0v) is 14.5. The van der Waals surface area contributed by atoms with Crippen LogP contribution in [-0.2, 0) is 11.3 Å². The van der Waals surface area contributed by atoms with Crippen LogP contribution in [0.1, 0.15) is 28.9 Å². The van der Waals surface area contributed by atoms with Crippen LogP contribution in [0.3, 0.4) is 0 Å². The molecular weight excluding hydrogens is 316 g/mol. The summed E-state index contributed by atoms with van der Waals surface area (Å²) in [5.41, 5.74) is 1.83. The van der Waals surface area contributed by atoms with Crippen molar-refractivity contribution in [2.45, 2.75) is 37.6 Å². The molecule has 0 aliphatic carbocycles. The van der Waals surface area contributed by atoms with Gasteiger partial charge in [-0.2, -0.15) is 0 Å². The molecule has 1 N–H and O–H groups in total. The molecule has 0 saturated carbocycles. The summed E-state index contributed by atoms with van der Waals surface area (Å²) in [7, 11) is 2.11. The molecule has 3 atom stereocenters. The van der Waals surface area contributed by atoms with Gasteiger partial charge in [0.15, 0.2) is 0 Å². The molecule has 0 spiro atoms. The molecule has 2 aromatic rings. The third-order valence-corrected chi connectivity index (χ3v) is 5.31. The van der Waals surface area contributed by atoms with Crippen LogP contribution in [-0.4, -0.2) is 64.1 Å². The van der Waals surface area contributed by atoms with E-state index in [-0.39, 0.29) is 24.1 Å². The molecule has 1 amide bonds. The minimum Gasteiger partial charge on any atom is -0.374 e. The summed E-state index contributed by atoms with van der Waals surface area (Å²) in [6.45, 7) is 2.28. The first kappa shape index (κ1) is 16.3. The minimum atomic E-state index is 0.0720. The maximum absolute atomic E-state index is 12.9. The molecule has 2 aliphatic rings. The van der Waals surface area contributed by atoms with Gasteiger partial charge >= 0.3 is 0 Å². The third-order valence-electron chi connectivity index (χ3n) is 5.31. The van der Waals surface area contributed by atoms with Crippen molar-refractivity contribution in [1.82, 2.24) is 19.8 Å². The molecule has 4 heterocycles. The van der Waals surface area contributed by atoms with E-state index in [2.05, 4.69) is 28.0 Å². The Morgan fingerprint density at radius 2 is 2.36 bits per heavy atom. The van der Waals surface area contributed by atoms with E-state index in [1.54, 1.807) is 12.4 Å². The largest absolute Gasteiger partial charge is 0.374 e. The van der Waals surface area contributed by atoms with Crippen LogP contribution in [0.15, 0.2) is 42.9 Å². The second-order valence-electron chi connectivity index (χ2n) is 6.93. The second-order valence-corrected chi connectivity index (χ2v) is 6.93. The van der Waals surface area contributed by atoms with Crippen LogP contribution in [0.25, 0.3) is 0 Å².